The number of nitrogens with zero attached hydrogens (tertiary/aromatic N) is 1. The third kappa shape index (κ3) is 5.36. The number of rotatable bonds is 9. The van der Waals surface area contributed by atoms with Gasteiger partial charge in [-0.25, -0.2) is 0 Å². The van der Waals surface area contributed by atoms with Crippen LogP contribution in [0.5, 0.6) is 5.75 Å². The quantitative estimate of drug-likeness (QED) is 0.579. The standard InChI is InChI=1S/C22H29NO6S/c1-14(30)23(21(24)15-11-16(12-15)22(25)26)13-20(29-17-7-9-28-10-8-17)18-5-3-4-6-19(18)27-2/h3-6,15-17,20,30H,1,7-13H2,2H3,(H,25,26)/t15?,16?,20-/m0/s1. The summed E-state index contributed by atoms with van der Waals surface area (Å²) in [5, 5.41) is 9.43. The summed E-state index contributed by atoms with van der Waals surface area (Å²) in [6, 6.07) is 7.58. The highest BCUT2D eigenvalue weighted by Gasteiger charge is 2.41. The van der Waals surface area contributed by atoms with Crippen molar-refractivity contribution >= 4 is 24.5 Å². The van der Waals surface area contributed by atoms with Gasteiger partial charge in [-0.2, -0.15) is 0 Å². The van der Waals surface area contributed by atoms with Crippen LogP contribution in [0.15, 0.2) is 35.9 Å². The van der Waals surface area contributed by atoms with Gasteiger partial charge in [0.05, 0.1) is 30.7 Å². The summed E-state index contributed by atoms with van der Waals surface area (Å²) in [6.07, 6.45) is 1.82. The second-order valence-electron chi connectivity index (χ2n) is 7.75. The van der Waals surface area contributed by atoms with Gasteiger partial charge < -0.3 is 24.2 Å². The molecule has 164 valence electrons. The van der Waals surface area contributed by atoms with E-state index >= 15 is 0 Å². The Hall–Kier alpha value is -2.03. The molecule has 1 aliphatic carbocycles. The Bertz CT molecular complexity index is 773. The number of hydrogen-bond donors (Lipinski definition) is 2. The van der Waals surface area contributed by atoms with Crippen LogP contribution in [0.2, 0.25) is 0 Å². The Morgan fingerprint density at radius 2 is 1.93 bits per heavy atom. The molecule has 0 unspecified atom stereocenters. The molecule has 1 saturated heterocycles. The Kier molecular flexibility index (Phi) is 7.80. The Morgan fingerprint density at radius 3 is 2.53 bits per heavy atom. The monoisotopic (exact) mass is 435 g/mol. The van der Waals surface area contributed by atoms with Crippen molar-refractivity contribution in [2.24, 2.45) is 11.8 Å². The third-order valence-corrected chi connectivity index (χ3v) is 6.01. The van der Waals surface area contributed by atoms with Crippen LogP contribution in [0.4, 0.5) is 0 Å². The zero-order valence-corrected chi connectivity index (χ0v) is 18.1. The molecule has 1 atom stereocenters. The fourth-order valence-corrected chi connectivity index (χ4v) is 4.10. The number of methoxy groups -OCH3 is 1. The van der Waals surface area contributed by atoms with Crippen molar-refractivity contribution in [2.45, 2.75) is 37.9 Å². The van der Waals surface area contributed by atoms with Gasteiger partial charge in [0.15, 0.2) is 0 Å². The maximum atomic E-state index is 13.1. The van der Waals surface area contributed by atoms with E-state index < -0.39 is 18.0 Å². The zero-order valence-electron chi connectivity index (χ0n) is 17.2. The molecule has 1 amide bonds. The molecule has 2 fully saturated rings. The van der Waals surface area contributed by atoms with Gasteiger partial charge in [-0.3, -0.25) is 9.59 Å². The van der Waals surface area contributed by atoms with Crippen molar-refractivity contribution < 1.29 is 28.9 Å². The van der Waals surface area contributed by atoms with Crippen LogP contribution in [0.3, 0.4) is 0 Å². The summed E-state index contributed by atoms with van der Waals surface area (Å²) in [5.74, 6) is -1.14. The summed E-state index contributed by atoms with van der Waals surface area (Å²) >= 11 is 4.34. The molecular weight excluding hydrogens is 406 g/mol. The second-order valence-corrected chi connectivity index (χ2v) is 8.26. The van der Waals surface area contributed by atoms with Gasteiger partial charge in [-0.05, 0) is 31.7 Å². The SMILES string of the molecule is C=C(S)N(C[C@H](OC1CCOCC1)c1ccccc1OC)C(=O)C1CC(C(=O)O)C1. The maximum absolute atomic E-state index is 13.1. The fourth-order valence-electron chi connectivity index (χ4n) is 3.92. The predicted octanol–water partition coefficient (Wildman–Crippen LogP) is 3.27. The second kappa shape index (κ2) is 10.3. The number of carboxylic acid groups (broad SMARTS) is 1. The zero-order chi connectivity index (χ0) is 21.7. The molecule has 0 bridgehead atoms. The summed E-state index contributed by atoms with van der Waals surface area (Å²) in [7, 11) is 1.60. The van der Waals surface area contributed by atoms with Crippen LogP contribution in [0, 0.1) is 11.8 Å². The van der Waals surface area contributed by atoms with Gasteiger partial charge in [0, 0.05) is 24.7 Å². The van der Waals surface area contributed by atoms with Crippen LogP contribution in [-0.4, -0.2) is 54.9 Å². The number of carbonyl (C=O) groups is 2. The number of carboxylic acids is 1. The summed E-state index contributed by atoms with van der Waals surface area (Å²) < 4.78 is 17.4. The molecule has 2 aliphatic rings. The lowest BCUT2D eigenvalue weighted by Crippen LogP contribution is -2.44. The number of ether oxygens (including phenoxy) is 3. The van der Waals surface area contributed by atoms with Gasteiger partial charge >= 0.3 is 5.97 Å². The van der Waals surface area contributed by atoms with Crippen LogP contribution < -0.4 is 4.74 Å². The van der Waals surface area contributed by atoms with Crippen molar-refractivity contribution in [2.75, 3.05) is 26.9 Å². The van der Waals surface area contributed by atoms with Crippen molar-refractivity contribution in [3.05, 3.63) is 41.4 Å². The molecule has 1 aromatic carbocycles. The van der Waals surface area contributed by atoms with E-state index in [1.807, 2.05) is 24.3 Å². The molecule has 1 heterocycles. The van der Waals surface area contributed by atoms with E-state index in [2.05, 4.69) is 19.2 Å². The molecule has 8 heteroatoms. The molecule has 1 saturated carbocycles. The lowest BCUT2D eigenvalue weighted by atomic mass is 9.74. The maximum Gasteiger partial charge on any atom is 0.306 e. The first-order valence-electron chi connectivity index (χ1n) is 10.2. The molecular formula is C22H29NO6S. The van der Waals surface area contributed by atoms with Crippen LogP contribution in [0.1, 0.15) is 37.4 Å². The Morgan fingerprint density at radius 1 is 1.27 bits per heavy atom. The largest absolute Gasteiger partial charge is 0.496 e. The number of amides is 1. The van der Waals surface area contributed by atoms with E-state index in [0.29, 0.717) is 36.8 Å². The van der Waals surface area contributed by atoms with Crippen LogP contribution in [-0.2, 0) is 19.1 Å². The van der Waals surface area contributed by atoms with Crippen molar-refractivity contribution in [3.63, 3.8) is 0 Å². The third-order valence-electron chi connectivity index (χ3n) is 5.77. The smallest absolute Gasteiger partial charge is 0.306 e. The molecule has 3 rings (SSSR count). The van der Waals surface area contributed by atoms with Gasteiger partial charge in [-0.1, -0.05) is 24.8 Å². The minimum Gasteiger partial charge on any atom is -0.496 e. The van der Waals surface area contributed by atoms with Crippen LogP contribution >= 0.6 is 12.6 Å². The first kappa shape index (κ1) is 22.7. The van der Waals surface area contributed by atoms with Gasteiger partial charge in [0.2, 0.25) is 5.91 Å². The minimum absolute atomic E-state index is 0.0129. The van der Waals surface area contributed by atoms with Crippen molar-refractivity contribution in [1.29, 1.82) is 0 Å². The summed E-state index contributed by atoms with van der Waals surface area (Å²) in [5.41, 5.74) is 0.843. The van der Waals surface area contributed by atoms with Gasteiger partial charge in [-0.15, -0.1) is 12.6 Å². The highest BCUT2D eigenvalue weighted by Crippen LogP contribution is 2.38. The molecule has 0 spiro atoms. The molecule has 0 radical (unpaired) electrons. The number of para-hydroxylation sites is 1. The lowest BCUT2D eigenvalue weighted by Gasteiger charge is -2.37. The number of thiol groups is 1. The Labute approximate surface area is 182 Å². The minimum atomic E-state index is -0.856. The highest BCUT2D eigenvalue weighted by molar-refractivity contribution is 7.84. The van der Waals surface area contributed by atoms with Crippen molar-refractivity contribution in [3.8, 4) is 5.75 Å². The van der Waals surface area contributed by atoms with Crippen LogP contribution in [0.25, 0.3) is 0 Å². The molecule has 1 aromatic rings. The summed E-state index contributed by atoms with van der Waals surface area (Å²) in [4.78, 5) is 25.7. The van der Waals surface area contributed by atoms with Crippen molar-refractivity contribution in [1.82, 2.24) is 4.90 Å². The van der Waals surface area contributed by atoms with Gasteiger partial charge in [0.1, 0.15) is 11.9 Å². The number of hydrogen-bond acceptors (Lipinski definition) is 6. The summed E-state index contributed by atoms with van der Waals surface area (Å²) in [6.45, 7) is 5.37. The topological polar surface area (TPSA) is 85.3 Å². The average Bonchev–Trinajstić information content (AvgIpc) is 2.70. The van der Waals surface area contributed by atoms with E-state index in [1.165, 1.54) is 4.90 Å². The van der Waals surface area contributed by atoms with E-state index in [-0.39, 0.29) is 24.5 Å². The van der Waals surface area contributed by atoms with E-state index in [1.54, 1.807) is 7.11 Å². The molecule has 1 N–H and O–H groups in total. The number of benzene rings is 1. The number of carbonyl (C=O) groups excluding carboxylic acids is 1. The molecule has 30 heavy (non-hydrogen) atoms. The van der Waals surface area contributed by atoms with E-state index in [0.717, 1.165) is 18.4 Å². The normalized spacial score (nSPS) is 22.6. The predicted molar refractivity (Wildman–Crippen MR) is 114 cm³/mol. The molecule has 7 nitrogen and oxygen atoms in total. The number of aliphatic carboxylic acids is 1. The first-order valence-corrected chi connectivity index (χ1v) is 10.6. The Balaban J connectivity index is 1.79. The highest BCUT2D eigenvalue weighted by atomic mass is 32.1. The average molecular weight is 436 g/mol. The fraction of sp³-hybridized carbons (Fsp3) is 0.545. The van der Waals surface area contributed by atoms with E-state index in [4.69, 9.17) is 19.3 Å². The van der Waals surface area contributed by atoms with Gasteiger partial charge in [0.25, 0.3) is 0 Å². The molecule has 1 aliphatic heterocycles. The lowest BCUT2D eigenvalue weighted by molar-refractivity contribution is -0.151. The van der Waals surface area contributed by atoms with E-state index in [9.17, 15) is 9.59 Å². The molecule has 0 aromatic heterocycles. The first-order chi connectivity index (χ1) is 14.4.